The van der Waals surface area contributed by atoms with E-state index < -0.39 is 24.3 Å². The van der Waals surface area contributed by atoms with Gasteiger partial charge in [-0.3, -0.25) is 9.59 Å². The number of piperidine rings is 2. The van der Waals surface area contributed by atoms with Gasteiger partial charge in [0.05, 0.1) is 50.1 Å². The van der Waals surface area contributed by atoms with E-state index in [-0.39, 0.29) is 47.8 Å². The fraction of sp³-hybridized carbons (Fsp3) is 0.500. The second kappa shape index (κ2) is 19.4. The number of allylic oxidation sites excluding steroid dienone is 5. The number of methoxy groups -OCH3 is 2. The first-order valence-corrected chi connectivity index (χ1v) is 25.6. The molecule has 2 aliphatic heterocycles. The van der Waals surface area contributed by atoms with Crippen LogP contribution in [0.3, 0.4) is 0 Å². The molecule has 4 N–H and O–H groups in total. The van der Waals surface area contributed by atoms with Gasteiger partial charge in [-0.05, 0) is 126 Å². The Bertz CT molecular complexity index is 2700. The summed E-state index contributed by atoms with van der Waals surface area (Å²) in [6, 6.07) is 16.0. The molecule has 10 rings (SSSR count). The molecule has 5 fully saturated rings. The first kappa shape index (κ1) is 47.2. The van der Waals surface area contributed by atoms with E-state index in [0.29, 0.717) is 23.7 Å². The number of hydrogen-bond donors (Lipinski definition) is 4. The van der Waals surface area contributed by atoms with E-state index in [1.807, 2.05) is 49.9 Å². The van der Waals surface area contributed by atoms with Crippen molar-refractivity contribution in [1.29, 1.82) is 0 Å². The minimum atomic E-state index is -0.665. The van der Waals surface area contributed by atoms with E-state index in [4.69, 9.17) is 26.0 Å². The number of aromatic amines is 2. The summed E-state index contributed by atoms with van der Waals surface area (Å²) >= 11 is 0. The molecule has 2 bridgehead atoms. The summed E-state index contributed by atoms with van der Waals surface area (Å²) in [5, 5.41) is 5.63. The molecule has 4 aromatic rings. The molecule has 4 heterocycles. The maximum Gasteiger partial charge on any atom is 0.407 e. The van der Waals surface area contributed by atoms with Crippen LogP contribution in [-0.2, 0) is 19.1 Å². The molecule has 4 aliphatic carbocycles. The number of amides is 4. The highest BCUT2D eigenvalue weighted by Crippen LogP contribution is 2.55. The zero-order valence-corrected chi connectivity index (χ0v) is 41.4. The van der Waals surface area contributed by atoms with E-state index in [0.717, 1.165) is 103 Å². The number of carbonyl (C=O) groups is 4. The van der Waals surface area contributed by atoms with Crippen molar-refractivity contribution in [3.05, 3.63) is 108 Å². The Kier molecular flexibility index (Phi) is 13.1. The van der Waals surface area contributed by atoms with Gasteiger partial charge in [0, 0.05) is 12.1 Å². The lowest BCUT2D eigenvalue weighted by atomic mass is 9.87. The average molecular weight is 949 g/mol. The number of nitrogens with one attached hydrogen (secondary N) is 4. The third kappa shape index (κ3) is 9.09. The number of alkyl carbamates (subject to hydrolysis) is 2. The Morgan fingerprint density at radius 3 is 1.61 bits per heavy atom. The van der Waals surface area contributed by atoms with Gasteiger partial charge in [0.2, 0.25) is 11.8 Å². The predicted octanol–water partition coefficient (Wildman–Crippen LogP) is 10.2. The molecule has 2 aromatic carbocycles. The second-order valence-corrected chi connectivity index (χ2v) is 21.0. The highest BCUT2D eigenvalue weighted by Gasteiger charge is 2.57. The van der Waals surface area contributed by atoms with Gasteiger partial charge < -0.3 is 39.9 Å². The lowest BCUT2D eigenvalue weighted by Crippen LogP contribution is -2.52. The minimum Gasteiger partial charge on any atom is -0.453 e. The number of H-pyrrole nitrogens is 2. The lowest BCUT2D eigenvalue weighted by molar-refractivity contribution is -0.137. The Hall–Kier alpha value is -6.44. The SMILES string of the molecule is C=C1/C(c2ccc(-c3cnc([C@@H]4CC5CC5N4C(=O)[C@@H](NC(=O)OC)C(C)CC)[nH]3)cc2)=C\C=C(\c2ccc(-c3cnc([C@@H]4CC5CC5N4C(=O)C(NC(=O)OC)[C@H](C)CC)[nH]3)cc2)CC2CCC1C2. The van der Waals surface area contributed by atoms with E-state index in [9.17, 15) is 19.2 Å². The van der Waals surface area contributed by atoms with Crippen molar-refractivity contribution in [3.63, 3.8) is 0 Å². The largest absolute Gasteiger partial charge is 0.453 e. The molecule has 2 saturated heterocycles. The fourth-order valence-electron chi connectivity index (χ4n) is 12.1. The maximum absolute atomic E-state index is 14.1. The van der Waals surface area contributed by atoms with Crippen molar-refractivity contribution in [2.24, 2.45) is 35.5 Å². The highest BCUT2D eigenvalue weighted by atomic mass is 16.5. The van der Waals surface area contributed by atoms with Crippen LogP contribution in [0.4, 0.5) is 9.59 Å². The van der Waals surface area contributed by atoms with Crippen molar-refractivity contribution in [2.75, 3.05) is 14.2 Å². The number of likely N-dealkylation sites (tertiary alicyclic amines) is 2. The Balaban J connectivity index is 0.850. The molecule has 14 nitrogen and oxygen atoms in total. The molecule has 70 heavy (non-hydrogen) atoms. The third-order valence-electron chi connectivity index (χ3n) is 16.8. The number of ether oxygens (including phenoxy) is 2. The summed E-state index contributed by atoms with van der Waals surface area (Å²) < 4.78 is 9.76. The third-order valence-corrected chi connectivity index (χ3v) is 16.8. The molecular formula is C56H68N8O6. The van der Waals surface area contributed by atoms with Crippen molar-refractivity contribution in [3.8, 4) is 22.5 Å². The van der Waals surface area contributed by atoms with Crippen LogP contribution in [0.2, 0.25) is 0 Å². The molecule has 0 radical (unpaired) electrons. The van der Waals surface area contributed by atoms with Crippen LogP contribution in [0.15, 0.2) is 85.2 Å². The van der Waals surface area contributed by atoms with E-state index in [1.165, 1.54) is 37.4 Å². The second-order valence-electron chi connectivity index (χ2n) is 21.0. The molecule has 2 aromatic heterocycles. The van der Waals surface area contributed by atoms with Crippen molar-refractivity contribution in [2.45, 2.75) is 128 Å². The lowest BCUT2D eigenvalue weighted by Gasteiger charge is -2.32. The maximum atomic E-state index is 14.1. The monoisotopic (exact) mass is 949 g/mol. The summed E-state index contributed by atoms with van der Waals surface area (Å²) in [6.45, 7) is 12.7. The van der Waals surface area contributed by atoms with Crippen LogP contribution in [0.5, 0.6) is 0 Å². The van der Waals surface area contributed by atoms with E-state index in [2.05, 4.69) is 81.3 Å². The summed E-state index contributed by atoms with van der Waals surface area (Å²) in [4.78, 5) is 73.5. The zero-order chi connectivity index (χ0) is 49.0. The van der Waals surface area contributed by atoms with Crippen molar-refractivity contribution in [1.82, 2.24) is 40.4 Å². The Morgan fingerprint density at radius 1 is 0.671 bits per heavy atom. The van der Waals surface area contributed by atoms with Gasteiger partial charge in [0.25, 0.3) is 0 Å². The summed E-state index contributed by atoms with van der Waals surface area (Å²) in [6.07, 6.45) is 16.7. The number of benzene rings is 2. The van der Waals surface area contributed by atoms with Crippen LogP contribution in [-0.4, -0.2) is 92.1 Å². The average Bonchev–Trinajstić information content (AvgIpc) is 3.84. The number of hydrogen-bond acceptors (Lipinski definition) is 8. The normalized spacial score (nSPS) is 28.6. The van der Waals surface area contributed by atoms with Gasteiger partial charge in [-0.15, -0.1) is 0 Å². The molecule has 6 aliphatic rings. The van der Waals surface area contributed by atoms with Gasteiger partial charge in [-0.2, -0.15) is 0 Å². The first-order chi connectivity index (χ1) is 33.9. The predicted molar refractivity (Wildman–Crippen MR) is 268 cm³/mol. The molecule has 12 atom stereocenters. The standard InChI is InChI=1S/C56H68N8O6/c1-8-30(3)49(61-55(67)69-6)53(65)63-45-24-40(45)26-47(63)51-57-28-43(59-51)36-16-12-34(13-17-36)39-20-21-42(32(5)38-11-10-33(22-38)23-39)35-14-18-37(19-15-35)44-29-58-52(60-44)48-27-41-25-46(41)64(48)54(66)50(31(4)9-2)62-56(68)70-7/h12-21,28-31,33,38,40-41,45-50H,5,8-11,22-27H2,1-4,6-7H3,(H,57,59)(H,58,60)(H,61,67)(H,62,68)/b39-20+,42-21+/t30-,31?,33?,38?,40?,41?,45?,46?,47+,48+,49?,50+/m1/s1. The number of rotatable bonds is 14. The fourth-order valence-corrected chi connectivity index (χ4v) is 12.1. The highest BCUT2D eigenvalue weighted by molar-refractivity contribution is 5.88. The molecule has 368 valence electrons. The molecule has 3 saturated carbocycles. The minimum absolute atomic E-state index is 0.0466. The number of nitrogens with zero attached hydrogens (tertiary/aromatic N) is 4. The van der Waals surface area contributed by atoms with Gasteiger partial charge >= 0.3 is 12.2 Å². The summed E-state index contributed by atoms with van der Waals surface area (Å²) in [5.74, 6) is 3.22. The van der Waals surface area contributed by atoms with Gasteiger partial charge in [0.1, 0.15) is 23.7 Å². The first-order valence-electron chi connectivity index (χ1n) is 25.6. The molecule has 0 spiro atoms. The van der Waals surface area contributed by atoms with Gasteiger partial charge in [-0.25, -0.2) is 19.6 Å². The van der Waals surface area contributed by atoms with Crippen molar-refractivity contribution >= 4 is 35.1 Å². The summed E-state index contributed by atoms with van der Waals surface area (Å²) in [5.41, 5.74) is 9.81. The molecule has 14 heteroatoms. The number of carbonyl (C=O) groups excluding carboxylic acids is 4. The van der Waals surface area contributed by atoms with Gasteiger partial charge in [0.15, 0.2) is 0 Å². The van der Waals surface area contributed by atoms with Crippen molar-refractivity contribution < 1.29 is 28.7 Å². The van der Waals surface area contributed by atoms with E-state index >= 15 is 0 Å². The quantitative estimate of drug-likeness (QED) is 0.0966. The molecular weight excluding hydrogens is 881 g/mol. The molecule has 4 amide bonds. The van der Waals surface area contributed by atoms with Crippen LogP contribution >= 0.6 is 0 Å². The van der Waals surface area contributed by atoms with Gasteiger partial charge in [-0.1, -0.05) is 108 Å². The van der Waals surface area contributed by atoms with Crippen LogP contribution in [0.1, 0.15) is 127 Å². The van der Waals surface area contributed by atoms with E-state index in [1.54, 1.807) is 0 Å². The summed E-state index contributed by atoms with van der Waals surface area (Å²) in [7, 11) is 2.64. The smallest absolute Gasteiger partial charge is 0.407 e. The van der Waals surface area contributed by atoms with Crippen LogP contribution in [0.25, 0.3) is 33.7 Å². The zero-order valence-electron chi connectivity index (χ0n) is 41.4. The Morgan fingerprint density at radius 2 is 1.14 bits per heavy atom. The van der Waals surface area contributed by atoms with Crippen LogP contribution < -0.4 is 10.6 Å². The number of fused-ring (bicyclic) bond motifs is 4. The Labute approximate surface area is 411 Å². The topological polar surface area (TPSA) is 175 Å². The molecule has 8 unspecified atom stereocenters. The number of aromatic nitrogens is 4. The van der Waals surface area contributed by atoms with Crippen LogP contribution in [0, 0.1) is 35.5 Å². The number of imidazole rings is 2.